The van der Waals surface area contributed by atoms with Crippen LogP contribution in [-0.2, 0) is 4.79 Å². The van der Waals surface area contributed by atoms with Gasteiger partial charge in [-0.25, -0.2) is 9.48 Å². The quantitative estimate of drug-likeness (QED) is 0.260. The summed E-state index contributed by atoms with van der Waals surface area (Å²) in [5.41, 5.74) is 2.04. The number of ether oxygens (including phenoxy) is 2. The van der Waals surface area contributed by atoms with Crippen LogP contribution in [0.2, 0.25) is 0 Å². The minimum atomic E-state index is -1.32. The van der Waals surface area contributed by atoms with Gasteiger partial charge in [0.2, 0.25) is 0 Å². The summed E-state index contributed by atoms with van der Waals surface area (Å²) in [7, 11) is 9.00. The predicted molar refractivity (Wildman–Crippen MR) is 192 cm³/mol. The third-order valence-corrected chi connectivity index (χ3v) is 11.3. The fourth-order valence-electron chi connectivity index (χ4n) is 9.03. The Hall–Kier alpha value is -3.38. The fourth-order valence-corrected chi connectivity index (χ4v) is 9.03. The number of aliphatic carboxylic acids is 1. The van der Waals surface area contributed by atoms with Gasteiger partial charge >= 0.3 is 35.5 Å². The maximum absolute atomic E-state index is 14.3. The normalized spacial score (nSPS) is 23.2. The van der Waals surface area contributed by atoms with Crippen LogP contribution in [0.5, 0.6) is 11.5 Å². The van der Waals surface area contributed by atoms with Crippen LogP contribution >= 0.6 is 0 Å². The summed E-state index contributed by atoms with van der Waals surface area (Å²) in [6.45, 7) is 5.62. The van der Waals surface area contributed by atoms with E-state index in [2.05, 4.69) is 24.1 Å². The van der Waals surface area contributed by atoms with Crippen LogP contribution in [0, 0.1) is 23.7 Å². The Balaban J connectivity index is 0.00000302. The molecule has 7 rings (SSSR count). The van der Waals surface area contributed by atoms with E-state index in [1.807, 2.05) is 51.5 Å². The number of aromatic nitrogens is 2. The molecule has 4 aliphatic rings. The van der Waals surface area contributed by atoms with Crippen molar-refractivity contribution < 1.29 is 59.9 Å². The zero-order valence-electron chi connectivity index (χ0n) is 32.4. The van der Waals surface area contributed by atoms with E-state index in [0.717, 1.165) is 44.2 Å². The van der Waals surface area contributed by atoms with Crippen molar-refractivity contribution in [3.05, 3.63) is 59.3 Å². The van der Waals surface area contributed by atoms with E-state index in [0.29, 0.717) is 52.4 Å². The second kappa shape index (κ2) is 15.7. The molecule has 2 aromatic carbocycles. The first kappa shape index (κ1) is 38.8. The van der Waals surface area contributed by atoms with Crippen molar-refractivity contribution in [2.75, 3.05) is 48.5 Å². The summed E-state index contributed by atoms with van der Waals surface area (Å²) in [6, 6.07) is 12.7. The fraction of sp³-hybridized carbons (Fsp3) is 0.538. The van der Waals surface area contributed by atoms with Crippen molar-refractivity contribution in [3.63, 3.8) is 0 Å². The molecule has 4 fully saturated rings. The maximum atomic E-state index is 14.3. The molecule has 0 atom stereocenters. The number of carboxylic acids is 1. The molecule has 3 aromatic rings. The molecule has 1 heterocycles. The predicted octanol–water partition coefficient (Wildman–Crippen LogP) is 2.83. The van der Waals surface area contributed by atoms with E-state index in [4.69, 9.17) is 14.6 Å². The number of amides is 2. The molecule has 0 saturated heterocycles. The molecule has 2 amide bonds. The van der Waals surface area contributed by atoms with Crippen molar-refractivity contribution in [2.45, 2.75) is 63.8 Å². The van der Waals surface area contributed by atoms with Crippen molar-refractivity contribution in [3.8, 4) is 28.4 Å². The molecule has 270 valence electrons. The third-order valence-electron chi connectivity index (χ3n) is 11.3. The number of methoxy groups -OCH3 is 2. The molecule has 12 heteroatoms. The number of benzene rings is 2. The standard InChI is InChI=1S/C39H51N5O6.Na.H/c1-23(2)29-21-26(37(46)43(5)15-9-14-42(3)4)12-13-31(29)44-32(35-33(49-6)10-8-11-34(35)50-7)22-30(41-44)36(45)40-39(38(47)48)27-17-24-16-25(19-27)20-28(39)18-24;;/h8,10-13,21-25,27-28H,9,14-20H2,1-7H3,(H,40,45)(H,47,48);;/q;+1;-1. The number of rotatable bonds is 13. The average Bonchev–Trinajstić information content (AvgIpc) is 3.53. The van der Waals surface area contributed by atoms with Crippen molar-refractivity contribution >= 4 is 17.8 Å². The summed E-state index contributed by atoms with van der Waals surface area (Å²) in [5, 5.41) is 18.7. The second-order valence-corrected chi connectivity index (χ2v) is 15.1. The Morgan fingerprint density at radius 2 is 1.57 bits per heavy atom. The molecular formula is C39H52N5NaO6. The SMILES string of the molecule is COc1cccc(OC)c1-c1cc(C(=O)NC2(C(=O)O)C3CC4CC(C3)CC2C4)nn1-c1ccc(C(=O)N(C)CCCN(C)C)cc1C(C)C.[H-].[Na+]. The Morgan fingerprint density at radius 3 is 2.10 bits per heavy atom. The summed E-state index contributed by atoms with van der Waals surface area (Å²) < 4.78 is 13.3. The Labute approximate surface area is 324 Å². The van der Waals surface area contributed by atoms with Crippen molar-refractivity contribution in [1.29, 1.82) is 0 Å². The molecule has 4 bridgehead atoms. The van der Waals surface area contributed by atoms with E-state index in [1.54, 1.807) is 35.9 Å². The van der Waals surface area contributed by atoms with E-state index >= 15 is 0 Å². The van der Waals surface area contributed by atoms with Crippen LogP contribution in [0.15, 0.2) is 42.5 Å². The number of carbonyl (C=O) groups excluding carboxylic acids is 2. The molecule has 0 spiro atoms. The minimum absolute atomic E-state index is 0. The van der Waals surface area contributed by atoms with Crippen molar-refractivity contribution in [2.24, 2.45) is 23.7 Å². The minimum Gasteiger partial charge on any atom is -1.00 e. The summed E-state index contributed by atoms with van der Waals surface area (Å²) >= 11 is 0. The van der Waals surface area contributed by atoms with E-state index in [1.165, 1.54) is 6.42 Å². The van der Waals surface area contributed by atoms with Gasteiger partial charge in [-0.1, -0.05) is 19.9 Å². The Kier molecular flexibility index (Phi) is 12.0. The van der Waals surface area contributed by atoms with Crippen LogP contribution in [-0.4, -0.2) is 96.5 Å². The maximum Gasteiger partial charge on any atom is 1.00 e. The van der Waals surface area contributed by atoms with E-state index in [-0.39, 0.29) is 60.3 Å². The molecule has 2 N–H and O–H groups in total. The van der Waals surface area contributed by atoms with Crippen LogP contribution in [0.1, 0.15) is 86.1 Å². The third kappa shape index (κ3) is 7.32. The molecule has 51 heavy (non-hydrogen) atoms. The van der Waals surface area contributed by atoms with Gasteiger partial charge in [-0.3, -0.25) is 9.59 Å². The molecular weight excluding hydrogens is 657 g/mol. The summed E-state index contributed by atoms with van der Waals surface area (Å²) in [4.78, 5) is 44.7. The molecule has 4 aliphatic carbocycles. The molecule has 1 aromatic heterocycles. The number of carboxylic acid groups (broad SMARTS) is 1. The first-order valence-corrected chi connectivity index (χ1v) is 17.8. The smallest absolute Gasteiger partial charge is 1.00 e. The first-order chi connectivity index (χ1) is 23.9. The zero-order valence-corrected chi connectivity index (χ0v) is 33.4. The Morgan fingerprint density at radius 1 is 0.961 bits per heavy atom. The molecule has 4 saturated carbocycles. The van der Waals surface area contributed by atoms with Gasteiger partial charge in [0.15, 0.2) is 5.69 Å². The van der Waals surface area contributed by atoms with Crippen molar-refractivity contribution in [1.82, 2.24) is 24.9 Å². The summed E-state index contributed by atoms with van der Waals surface area (Å²) in [5.74, 6) is 0.360. The zero-order chi connectivity index (χ0) is 35.9. The van der Waals surface area contributed by atoms with E-state index < -0.39 is 17.4 Å². The van der Waals surface area contributed by atoms with Crippen LogP contribution in [0.4, 0.5) is 0 Å². The number of hydrogen-bond donors (Lipinski definition) is 2. The molecule has 0 aliphatic heterocycles. The van der Waals surface area contributed by atoms with Gasteiger partial charge in [0.1, 0.15) is 17.0 Å². The van der Waals surface area contributed by atoms with Crippen LogP contribution < -0.4 is 44.3 Å². The van der Waals surface area contributed by atoms with Gasteiger partial charge in [-0.05, 0) is 131 Å². The van der Waals surface area contributed by atoms with E-state index in [9.17, 15) is 19.5 Å². The monoisotopic (exact) mass is 709 g/mol. The number of nitrogens with zero attached hydrogens (tertiary/aromatic N) is 4. The number of carbonyl (C=O) groups is 3. The molecule has 0 radical (unpaired) electrons. The average molecular weight is 710 g/mol. The summed E-state index contributed by atoms with van der Waals surface area (Å²) in [6.07, 6.45) is 5.33. The second-order valence-electron chi connectivity index (χ2n) is 15.1. The topological polar surface area (TPSA) is 126 Å². The molecule has 11 nitrogen and oxygen atoms in total. The van der Waals surface area contributed by atoms with Crippen LogP contribution in [0.3, 0.4) is 0 Å². The van der Waals surface area contributed by atoms with Gasteiger partial charge in [0.25, 0.3) is 11.8 Å². The molecule has 0 unspecified atom stereocenters. The van der Waals surface area contributed by atoms with Gasteiger partial charge < -0.3 is 31.1 Å². The van der Waals surface area contributed by atoms with Crippen LogP contribution in [0.25, 0.3) is 16.9 Å². The van der Waals surface area contributed by atoms with Gasteiger partial charge in [-0.2, -0.15) is 5.10 Å². The van der Waals surface area contributed by atoms with Gasteiger partial charge in [0, 0.05) is 19.2 Å². The Bertz CT molecular complexity index is 1730. The number of hydrogen-bond acceptors (Lipinski definition) is 7. The number of nitrogens with one attached hydrogen (secondary N) is 1. The van der Waals surface area contributed by atoms with Gasteiger partial charge in [0.05, 0.1) is 31.2 Å². The first-order valence-electron chi connectivity index (χ1n) is 17.8. The van der Waals surface area contributed by atoms with Gasteiger partial charge in [-0.15, -0.1) is 0 Å². The largest absolute Gasteiger partial charge is 1.00 e.